The van der Waals surface area contributed by atoms with Gasteiger partial charge in [-0.1, -0.05) is 291 Å². The van der Waals surface area contributed by atoms with E-state index in [1.807, 2.05) is 146 Å². The van der Waals surface area contributed by atoms with Crippen LogP contribution in [0.1, 0.15) is 72.3 Å². The fourth-order valence-electron chi connectivity index (χ4n) is 13.4. The predicted molar refractivity (Wildman–Crippen MR) is 300 cm³/mol. The maximum Gasteiger partial charge on any atom is 0.416 e. The molecular formula is C71H51F3N2. The molecule has 0 unspecified atom stereocenters. The molecule has 0 atom stereocenters. The minimum Gasteiger partial charge on any atom is -0.335 e. The molecule has 366 valence electrons. The molecule has 11 aromatic rings. The lowest BCUT2D eigenvalue weighted by Gasteiger charge is -2.52. The lowest BCUT2D eigenvalue weighted by molar-refractivity contribution is -0.137. The predicted octanol–water partition coefficient (Wildman–Crippen LogP) is 16.9. The van der Waals surface area contributed by atoms with E-state index in [9.17, 15) is 0 Å². The first kappa shape index (κ1) is 46.6. The van der Waals surface area contributed by atoms with Crippen LogP contribution in [0.2, 0.25) is 0 Å². The summed E-state index contributed by atoms with van der Waals surface area (Å²) in [6.45, 7) is 0. The third kappa shape index (κ3) is 6.68. The van der Waals surface area contributed by atoms with Crippen LogP contribution < -0.4 is 9.80 Å². The highest BCUT2D eigenvalue weighted by molar-refractivity contribution is 5.84. The van der Waals surface area contributed by atoms with Gasteiger partial charge in [0.05, 0.1) is 5.56 Å². The number of hydrogen-bond donors (Lipinski definition) is 0. The van der Waals surface area contributed by atoms with Crippen molar-refractivity contribution in [3.8, 4) is 0 Å². The first-order valence-electron chi connectivity index (χ1n) is 25.8. The number of benzene rings is 11. The van der Waals surface area contributed by atoms with Gasteiger partial charge in [0.1, 0.15) is 22.2 Å². The number of halogens is 3. The molecule has 2 nitrogen and oxygen atoms in total. The Hall–Kier alpha value is -9.19. The SMILES string of the molecule is FC(F)(F)c1cc(N2C(c3ccccc3)(c3ccccc3)c3ccccc3C2(c2ccccc2)c2ccccc2)cc(N2C(c3ccccc3)(c3ccccc3)c3ccccc3C2(c2ccccc2)c2ccccc2)c1. The number of rotatable bonds is 10. The molecule has 11 aromatic carbocycles. The van der Waals surface area contributed by atoms with E-state index in [1.54, 1.807) is 0 Å². The second-order valence-electron chi connectivity index (χ2n) is 19.8. The van der Waals surface area contributed by atoms with Crippen LogP contribution in [0.25, 0.3) is 0 Å². The summed E-state index contributed by atoms with van der Waals surface area (Å²) in [5, 5.41) is 0. The molecular weight excluding hydrogens is 938 g/mol. The summed E-state index contributed by atoms with van der Waals surface area (Å²) in [4.78, 5) is 4.67. The van der Waals surface area contributed by atoms with Crippen LogP contribution in [-0.2, 0) is 28.3 Å². The number of alkyl halides is 3. The summed E-state index contributed by atoms with van der Waals surface area (Å²) in [7, 11) is 0. The van der Waals surface area contributed by atoms with E-state index in [4.69, 9.17) is 0 Å². The summed E-state index contributed by atoms with van der Waals surface area (Å²) in [5.41, 5.74) is 6.11. The van der Waals surface area contributed by atoms with E-state index in [1.165, 1.54) is 12.1 Å². The van der Waals surface area contributed by atoms with E-state index < -0.39 is 33.9 Å². The molecule has 2 aliphatic rings. The molecule has 76 heavy (non-hydrogen) atoms. The fourth-order valence-corrected chi connectivity index (χ4v) is 13.4. The van der Waals surface area contributed by atoms with Crippen LogP contribution in [0, 0.1) is 0 Å². The maximum absolute atomic E-state index is 17.0. The van der Waals surface area contributed by atoms with Crippen molar-refractivity contribution >= 4 is 11.4 Å². The Labute approximate surface area is 442 Å². The van der Waals surface area contributed by atoms with Crippen LogP contribution in [0.4, 0.5) is 24.5 Å². The van der Waals surface area contributed by atoms with Gasteiger partial charge < -0.3 is 9.80 Å². The van der Waals surface area contributed by atoms with Crippen LogP contribution in [-0.4, -0.2) is 0 Å². The quantitative estimate of drug-likeness (QED) is 0.135. The highest BCUT2D eigenvalue weighted by atomic mass is 19.4. The van der Waals surface area contributed by atoms with Crippen molar-refractivity contribution < 1.29 is 13.2 Å². The minimum absolute atomic E-state index is 0.377. The van der Waals surface area contributed by atoms with E-state index in [2.05, 4.69) is 161 Å². The monoisotopic (exact) mass is 988 g/mol. The highest BCUT2D eigenvalue weighted by Crippen LogP contribution is 2.66. The van der Waals surface area contributed by atoms with Crippen molar-refractivity contribution in [3.05, 3.63) is 382 Å². The Morgan fingerprint density at radius 1 is 0.224 bits per heavy atom. The van der Waals surface area contributed by atoms with Gasteiger partial charge in [0.2, 0.25) is 0 Å². The highest BCUT2D eigenvalue weighted by Gasteiger charge is 2.64. The van der Waals surface area contributed by atoms with Gasteiger partial charge in [-0.15, -0.1) is 0 Å². The lowest BCUT2D eigenvalue weighted by atomic mass is 9.76. The number of nitrogens with zero attached hydrogens (tertiary/aromatic N) is 2. The largest absolute Gasteiger partial charge is 0.416 e. The third-order valence-corrected chi connectivity index (χ3v) is 16.0. The van der Waals surface area contributed by atoms with Gasteiger partial charge in [0.15, 0.2) is 0 Å². The van der Waals surface area contributed by atoms with Gasteiger partial charge in [0.25, 0.3) is 0 Å². The molecule has 0 saturated heterocycles. The van der Waals surface area contributed by atoms with Crippen LogP contribution in [0.15, 0.2) is 309 Å². The molecule has 0 fully saturated rings. The molecule has 5 heteroatoms. The van der Waals surface area contributed by atoms with Gasteiger partial charge in [0, 0.05) is 11.4 Å². The molecule has 0 N–H and O–H groups in total. The first-order valence-corrected chi connectivity index (χ1v) is 25.8. The Morgan fingerprint density at radius 3 is 0.566 bits per heavy atom. The molecule has 0 aliphatic carbocycles. The van der Waals surface area contributed by atoms with Gasteiger partial charge in [-0.25, -0.2) is 0 Å². The summed E-state index contributed by atoms with van der Waals surface area (Å²) >= 11 is 0. The molecule has 0 spiro atoms. The second kappa shape index (κ2) is 18.3. The van der Waals surface area contributed by atoms with Gasteiger partial charge in [-0.05, 0) is 85.0 Å². The number of anilines is 2. The van der Waals surface area contributed by atoms with Crippen molar-refractivity contribution in [2.24, 2.45) is 0 Å². The summed E-state index contributed by atoms with van der Waals surface area (Å²) < 4.78 is 50.9. The van der Waals surface area contributed by atoms with Gasteiger partial charge in [-0.3, -0.25) is 0 Å². The molecule has 13 rings (SSSR count). The molecule has 0 radical (unpaired) electrons. The topological polar surface area (TPSA) is 6.48 Å². The zero-order valence-electron chi connectivity index (χ0n) is 41.5. The zero-order chi connectivity index (χ0) is 51.4. The zero-order valence-corrected chi connectivity index (χ0v) is 41.5. The van der Waals surface area contributed by atoms with E-state index in [0.29, 0.717) is 11.4 Å². The van der Waals surface area contributed by atoms with Crippen molar-refractivity contribution in [1.29, 1.82) is 0 Å². The van der Waals surface area contributed by atoms with Crippen molar-refractivity contribution in [2.45, 2.75) is 28.3 Å². The van der Waals surface area contributed by atoms with Gasteiger partial charge >= 0.3 is 6.18 Å². The van der Waals surface area contributed by atoms with Crippen molar-refractivity contribution in [2.75, 3.05) is 9.80 Å². The smallest absolute Gasteiger partial charge is 0.335 e. The summed E-state index contributed by atoms with van der Waals surface area (Å²) in [6, 6.07) is 104. The van der Waals surface area contributed by atoms with E-state index >= 15 is 13.2 Å². The molecule has 2 heterocycles. The Kier molecular flexibility index (Phi) is 11.2. The normalized spacial score (nSPS) is 15.7. The first-order chi connectivity index (χ1) is 37.4. The molecule has 0 amide bonds. The Morgan fingerprint density at radius 2 is 0.395 bits per heavy atom. The third-order valence-electron chi connectivity index (χ3n) is 16.0. The fraction of sp³-hybridized carbons (Fsp3) is 0.0704. The minimum atomic E-state index is -4.81. The Bertz CT molecular complexity index is 3180. The van der Waals surface area contributed by atoms with Gasteiger partial charge in [-0.2, -0.15) is 13.2 Å². The van der Waals surface area contributed by atoms with E-state index in [-0.39, 0.29) is 0 Å². The molecule has 0 bridgehead atoms. The van der Waals surface area contributed by atoms with Crippen LogP contribution in [0.5, 0.6) is 0 Å². The van der Waals surface area contributed by atoms with Crippen LogP contribution in [0.3, 0.4) is 0 Å². The number of hydrogen-bond acceptors (Lipinski definition) is 2. The van der Waals surface area contributed by atoms with Crippen molar-refractivity contribution in [1.82, 2.24) is 0 Å². The van der Waals surface area contributed by atoms with Crippen molar-refractivity contribution in [3.63, 3.8) is 0 Å². The average Bonchev–Trinajstić information content (AvgIpc) is 4.13. The summed E-state index contributed by atoms with van der Waals surface area (Å²) in [5.74, 6) is 0. The second-order valence-corrected chi connectivity index (χ2v) is 19.8. The average molecular weight is 989 g/mol. The lowest BCUT2D eigenvalue weighted by Crippen LogP contribution is -2.55. The standard InChI is InChI=1S/C71H51F3N2/c72-71(73,74)60-49-61(75-67(52-29-9-1-10-30-52,53-31-11-2-12-32-53)63-45-25-26-46-64(63)68(75,54-33-13-3-14-34-54)55-35-15-4-16-36-55)51-62(50-60)76-69(56-37-17-5-18-38-56,57-39-19-6-20-40-57)65-47-27-28-48-66(65)70(76,58-41-21-7-22-42-58)59-43-23-8-24-44-59/h1-51H. The van der Waals surface area contributed by atoms with E-state index in [0.717, 1.165) is 66.8 Å². The molecule has 2 aliphatic heterocycles. The molecule has 0 saturated carbocycles. The number of fused-ring (bicyclic) bond motifs is 2. The maximum atomic E-state index is 17.0. The van der Waals surface area contributed by atoms with Crippen LogP contribution >= 0.6 is 0 Å². The summed E-state index contributed by atoms with van der Waals surface area (Å²) in [6.07, 6.45) is -4.81. The Balaban J connectivity index is 1.27. The molecule has 0 aromatic heterocycles.